The monoisotopic (exact) mass is 880 g/mol. The van der Waals surface area contributed by atoms with Gasteiger partial charge in [-0.15, -0.1) is 0 Å². The SMILES string of the molecule is C1=CC(N(c2ccccc2)c2ccccc2-c2cccc(-c3ccc4c(c3)c3ccccc3n4-c3cccc(-c4ccccc4)c3)c2)CC2=C1c1ccccc1C2(c1ccccc1)c1ccccc1. The fourth-order valence-electron chi connectivity index (χ4n) is 11.7. The molecule has 0 aliphatic heterocycles. The fraction of sp³-hybridized carbons (Fsp3) is 0.0448. The molecule has 11 aromatic rings. The van der Waals surface area contributed by atoms with Crippen LogP contribution in [-0.4, -0.2) is 10.6 Å². The molecule has 2 nitrogen and oxygen atoms in total. The molecular formula is C67H48N2. The number of allylic oxidation sites excluding steroid dienone is 2. The van der Waals surface area contributed by atoms with Gasteiger partial charge in [0.2, 0.25) is 0 Å². The summed E-state index contributed by atoms with van der Waals surface area (Å²) < 4.78 is 2.42. The van der Waals surface area contributed by atoms with Crippen LogP contribution in [0.2, 0.25) is 0 Å². The Balaban J connectivity index is 0.912. The van der Waals surface area contributed by atoms with Crippen LogP contribution in [0.25, 0.3) is 66.4 Å². The highest BCUT2D eigenvalue weighted by atomic mass is 15.2. The zero-order valence-corrected chi connectivity index (χ0v) is 38.2. The molecule has 69 heavy (non-hydrogen) atoms. The van der Waals surface area contributed by atoms with Crippen molar-refractivity contribution in [3.05, 3.63) is 301 Å². The first-order valence-corrected chi connectivity index (χ1v) is 24.1. The van der Waals surface area contributed by atoms with E-state index in [0.29, 0.717) is 0 Å². The molecule has 1 atom stereocenters. The van der Waals surface area contributed by atoms with Crippen LogP contribution in [0, 0.1) is 0 Å². The Bertz CT molecular complexity index is 3710. The highest BCUT2D eigenvalue weighted by Crippen LogP contribution is 2.58. The number of nitrogens with zero attached hydrogens (tertiary/aromatic N) is 2. The summed E-state index contributed by atoms with van der Waals surface area (Å²) in [6, 6.07) is 95.9. The van der Waals surface area contributed by atoms with Gasteiger partial charge in [0.15, 0.2) is 0 Å². The van der Waals surface area contributed by atoms with Crippen LogP contribution in [0.15, 0.2) is 279 Å². The number of benzene rings is 10. The third-order valence-corrected chi connectivity index (χ3v) is 14.6. The van der Waals surface area contributed by atoms with Gasteiger partial charge in [-0.2, -0.15) is 0 Å². The van der Waals surface area contributed by atoms with Gasteiger partial charge in [0.25, 0.3) is 0 Å². The lowest BCUT2D eigenvalue weighted by atomic mass is 9.65. The molecule has 10 aromatic carbocycles. The van der Waals surface area contributed by atoms with E-state index >= 15 is 0 Å². The summed E-state index contributed by atoms with van der Waals surface area (Å²) >= 11 is 0. The van der Waals surface area contributed by atoms with Gasteiger partial charge in [-0.3, -0.25) is 0 Å². The minimum Gasteiger partial charge on any atom is -0.334 e. The topological polar surface area (TPSA) is 8.17 Å². The van der Waals surface area contributed by atoms with E-state index < -0.39 is 5.41 Å². The summed E-state index contributed by atoms with van der Waals surface area (Å²) in [4.78, 5) is 2.58. The average Bonchev–Trinajstić information content (AvgIpc) is 3.92. The summed E-state index contributed by atoms with van der Waals surface area (Å²) in [5.74, 6) is 0. The Morgan fingerprint density at radius 3 is 1.74 bits per heavy atom. The number of aromatic nitrogens is 1. The number of para-hydroxylation sites is 3. The number of anilines is 2. The lowest BCUT2D eigenvalue weighted by molar-refractivity contribution is 0.652. The first kappa shape index (κ1) is 40.5. The third-order valence-electron chi connectivity index (χ3n) is 14.6. The molecule has 326 valence electrons. The molecule has 2 aliphatic carbocycles. The average molecular weight is 881 g/mol. The van der Waals surface area contributed by atoms with Crippen molar-refractivity contribution in [3.8, 4) is 39.1 Å². The van der Waals surface area contributed by atoms with Gasteiger partial charge >= 0.3 is 0 Å². The third kappa shape index (κ3) is 6.71. The molecule has 0 saturated heterocycles. The molecule has 2 aliphatic rings. The largest absolute Gasteiger partial charge is 0.334 e. The molecule has 1 aromatic heterocycles. The van der Waals surface area contributed by atoms with Crippen LogP contribution in [0.3, 0.4) is 0 Å². The van der Waals surface area contributed by atoms with E-state index in [2.05, 4.69) is 282 Å². The zero-order valence-electron chi connectivity index (χ0n) is 38.2. The maximum atomic E-state index is 2.58. The van der Waals surface area contributed by atoms with E-state index in [9.17, 15) is 0 Å². The van der Waals surface area contributed by atoms with Crippen LogP contribution in [0.1, 0.15) is 28.7 Å². The normalized spacial score (nSPS) is 14.8. The van der Waals surface area contributed by atoms with Crippen molar-refractivity contribution in [1.29, 1.82) is 0 Å². The number of fused-ring (bicyclic) bond motifs is 5. The fourth-order valence-corrected chi connectivity index (χ4v) is 11.7. The van der Waals surface area contributed by atoms with Gasteiger partial charge < -0.3 is 9.47 Å². The molecule has 1 unspecified atom stereocenters. The summed E-state index contributed by atoms with van der Waals surface area (Å²) in [5.41, 5.74) is 20.7. The molecule has 0 fully saturated rings. The van der Waals surface area contributed by atoms with E-state index in [1.165, 1.54) is 94.3 Å². The molecule has 0 N–H and O–H groups in total. The van der Waals surface area contributed by atoms with Gasteiger partial charge in [-0.1, -0.05) is 218 Å². The van der Waals surface area contributed by atoms with Crippen LogP contribution >= 0.6 is 0 Å². The van der Waals surface area contributed by atoms with Crippen molar-refractivity contribution in [2.45, 2.75) is 17.9 Å². The Morgan fingerprint density at radius 1 is 0.406 bits per heavy atom. The van der Waals surface area contributed by atoms with Crippen LogP contribution in [0.5, 0.6) is 0 Å². The maximum Gasteiger partial charge on any atom is 0.0677 e. The minimum atomic E-state index is -0.437. The van der Waals surface area contributed by atoms with E-state index in [4.69, 9.17) is 0 Å². The van der Waals surface area contributed by atoms with Crippen molar-refractivity contribution < 1.29 is 0 Å². The molecule has 0 saturated carbocycles. The summed E-state index contributed by atoms with van der Waals surface area (Å²) in [5, 5.41) is 2.48. The molecule has 0 radical (unpaired) electrons. The van der Waals surface area contributed by atoms with Crippen molar-refractivity contribution in [2.75, 3.05) is 4.90 Å². The smallest absolute Gasteiger partial charge is 0.0677 e. The minimum absolute atomic E-state index is 0.0321. The highest BCUT2D eigenvalue weighted by Gasteiger charge is 2.48. The Morgan fingerprint density at radius 2 is 0.971 bits per heavy atom. The summed E-state index contributed by atoms with van der Waals surface area (Å²) in [6.07, 6.45) is 5.71. The molecule has 2 heteroatoms. The highest BCUT2D eigenvalue weighted by molar-refractivity contribution is 6.10. The Kier molecular flexibility index (Phi) is 9.91. The second-order valence-electron chi connectivity index (χ2n) is 18.4. The van der Waals surface area contributed by atoms with Crippen LogP contribution in [0.4, 0.5) is 11.4 Å². The summed E-state index contributed by atoms with van der Waals surface area (Å²) in [7, 11) is 0. The lowest BCUT2D eigenvalue weighted by Crippen LogP contribution is -2.37. The number of hydrogen-bond acceptors (Lipinski definition) is 1. The van der Waals surface area contributed by atoms with Crippen molar-refractivity contribution in [2.24, 2.45) is 0 Å². The maximum absolute atomic E-state index is 2.58. The van der Waals surface area contributed by atoms with Crippen molar-refractivity contribution in [1.82, 2.24) is 4.57 Å². The zero-order chi connectivity index (χ0) is 45.7. The van der Waals surface area contributed by atoms with Gasteiger partial charge in [-0.05, 0) is 122 Å². The predicted octanol–water partition coefficient (Wildman–Crippen LogP) is 17.1. The Hall–Kier alpha value is -8.72. The first-order chi connectivity index (χ1) is 34.2. The standard InChI is InChI=1S/C67H48N2/c1-5-21-47(22-6-1)49-24-20-32-55(44-49)69-65-38-18-15-35-60(65)61-45-50(39-42-66(61)69)48-23-19-25-51(43-48)57-33-14-17-37-64(57)68(54-30-11-4-12-31-54)56-40-41-59-58-34-13-16-36-62(58)67(63(59)46-56,52-26-7-2-8-27-52)53-28-9-3-10-29-53/h1-45,56H,46H2. The summed E-state index contributed by atoms with van der Waals surface area (Å²) in [6.45, 7) is 0. The van der Waals surface area contributed by atoms with E-state index in [-0.39, 0.29) is 6.04 Å². The lowest BCUT2D eigenvalue weighted by Gasteiger charge is -2.41. The molecule has 0 spiro atoms. The second kappa shape index (κ2) is 16.9. The van der Waals surface area contributed by atoms with E-state index in [1.807, 2.05) is 0 Å². The number of rotatable bonds is 9. The van der Waals surface area contributed by atoms with Gasteiger partial charge in [0, 0.05) is 33.4 Å². The first-order valence-electron chi connectivity index (χ1n) is 24.1. The van der Waals surface area contributed by atoms with E-state index in [1.54, 1.807) is 0 Å². The van der Waals surface area contributed by atoms with Gasteiger partial charge in [0.1, 0.15) is 0 Å². The molecule has 1 heterocycles. The van der Waals surface area contributed by atoms with Gasteiger partial charge in [-0.25, -0.2) is 0 Å². The number of hydrogen-bond donors (Lipinski definition) is 0. The van der Waals surface area contributed by atoms with Gasteiger partial charge in [0.05, 0.1) is 22.5 Å². The van der Waals surface area contributed by atoms with E-state index in [0.717, 1.165) is 17.8 Å². The van der Waals surface area contributed by atoms with Crippen LogP contribution in [-0.2, 0) is 5.41 Å². The predicted molar refractivity (Wildman–Crippen MR) is 289 cm³/mol. The molecule has 0 bridgehead atoms. The quantitative estimate of drug-likeness (QED) is 0.140. The second-order valence-corrected chi connectivity index (χ2v) is 18.4. The van der Waals surface area contributed by atoms with Crippen molar-refractivity contribution >= 4 is 38.8 Å². The van der Waals surface area contributed by atoms with Crippen molar-refractivity contribution in [3.63, 3.8) is 0 Å². The molecule has 13 rings (SSSR count). The van der Waals surface area contributed by atoms with Crippen LogP contribution < -0.4 is 4.90 Å². The Labute approximate surface area is 404 Å². The molecular weight excluding hydrogens is 833 g/mol. The molecule has 0 amide bonds.